The van der Waals surface area contributed by atoms with Crippen LogP contribution in [0.4, 0.5) is 0 Å². The van der Waals surface area contributed by atoms with Crippen LogP contribution in [0.1, 0.15) is 105 Å². The van der Waals surface area contributed by atoms with Crippen LogP contribution >= 0.6 is 0 Å². The lowest BCUT2D eigenvalue weighted by atomic mass is 9.47. The number of hydrogen-bond donors (Lipinski definition) is 1. The van der Waals surface area contributed by atoms with Gasteiger partial charge in [-0.2, -0.15) is 8.42 Å². The molecule has 0 aliphatic heterocycles. The minimum absolute atomic E-state index is 0.145. The number of rotatable bonds is 6. The monoisotopic (exact) mass is 450 g/mol. The van der Waals surface area contributed by atoms with Crippen LogP contribution in [0.25, 0.3) is 0 Å². The Balaban J connectivity index is 1.50. The highest BCUT2D eigenvalue weighted by atomic mass is 32.2. The molecular formula is C27H46O3S. The molecule has 178 valence electrons. The van der Waals surface area contributed by atoms with E-state index in [9.17, 15) is 13.0 Å². The topological polar surface area (TPSA) is 54.4 Å². The van der Waals surface area contributed by atoms with Crippen molar-refractivity contribution >= 4 is 10.1 Å². The zero-order valence-corrected chi connectivity index (χ0v) is 21.4. The van der Waals surface area contributed by atoms with E-state index in [4.69, 9.17) is 0 Å². The molecule has 4 aliphatic carbocycles. The van der Waals surface area contributed by atoms with Gasteiger partial charge in [-0.05, 0) is 97.7 Å². The first-order valence-corrected chi connectivity index (χ1v) is 14.6. The van der Waals surface area contributed by atoms with Crippen LogP contribution in [0.15, 0.2) is 11.6 Å². The van der Waals surface area contributed by atoms with E-state index in [0.29, 0.717) is 24.2 Å². The van der Waals surface area contributed by atoms with Crippen molar-refractivity contribution in [3.05, 3.63) is 11.6 Å². The molecule has 4 aliphatic rings. The lowest BCUT2D eigenvalue weighted by Gasteiger charge is -2.58. The van der Waals surface area contributed by atoms with E-state index < -0.39 is 15.4 Å². The first-order chi connectivity index (χ1) is 14.5. The minimum Gasteiger partial charge on any atom is -0.285 e. The molecule has 0 aromatic rings. The van der Waals surface area contributed by atoms with Crippen molar-refractivity contribution in [1.82, 2.24) is 0 Å². The van der Waals surface area contributed by atoms with Gasteiger partial charge in [-0.15, -0.1) is 0 Å². The molecule has 0 amide bonds. The second-order valence-corrected chi connectivity index (χ2v) is 14.4. The Bertz CT molecular complexity index is 799. The number of allylic oxidation sites excluding steroid dienone is 2. The zero-order valence-electron chi connectivity index (χ0n) is 20.6. The maximum Gasteiger partial charge on any atom is 0.268 e. The average Bonchev–Trinajstić information content (AvgIpc) is 3.03. The molecule has 4 rings (SSSR count). The first-order valence-electron chi connectivity index (χ1n) is 13.1. The average molecular weight is 451 g/mol. The number of hydrogen-bond acceptors (Lipinski definition) is 2. The van der Waals surface area contributed by atoms with Gasteiger partial charge in [0.25, 0.3) is 10.1 Å². The van der Waals surface area contributed by atoms with Crippen LogP contribution in [-0.4, -0.2) is 18.2 Å². The van der Waals surface area contributed by atoms with E-state index in [1.165, 1.54) is 50.5 Å². The fourth-order valence-corrected chi connectivity index (χ4v) is 9.71. The largest absolute Gasteiger partial charge is 0.285 e. The second kappa shape index (κ2) is 8.46. The quantitative estimate of drug-likeness (QED) is 0.341. The third-order valence-corrected chi connectivity index (χ3v) is 11.9. The van der Waals surface area contributed by atoms with Crippen LogP contribution < -0.4 is 0 Å². The predicted molar refractivity (Wildman–Crippen MR) is 128 cm³/mol. The summed E-state index contributed by atoms with van der Waals surface area (Å²) in [5, 5.41) is -0.584. The molecule has 31 heavy (non-hydrogen) atoms. The summed E-state index contributed by atoms with van der Waals surface area (Å²) in [7, 11) is -3.93. The fraction of sp³-hybridized carbons (Fsp3) is 0.926. The molecule has 1 N–H and O–H groups in total. The van der Waals surface area contributed by atoms with Gasteiger partial charge in [-0.3, -0.25) is 4.55 Å². The van der Waals surface area contributed by atoms with Gasteiger partial charge in [0.05, 0.1) is 5.25 Å². The third kappa shape index (κ3) is 4.18. The summed E-state index contributed by atoms with van der Waals surface area (Å²) in [5.74, 6) is 4.82. The van der Waals surface area contributed by atoms with Crippen molar-refractivity contribution in [1.29, 1.82) is 0 Å². The summed E-state index contributed by atoms with van der Waals surface area (Å²) in [4.78, 5) is 0. The van der Waals surface area contributed by atoms with Gasteiger partial charge >= 0.3 is 0 Å². The van der Waals surface area contributed by atoms with E-state index in [2.05, 4.69) is 40.7 Å². The van der Waals surface area contributed by atoms with Crippen LogP contribution in [0.3, 0.4) is 0 Å². The standard InChI is InChI=1S/C27H46O3S/c1-18(2)7-6-8-19(3)23-11-12-24-22-10-9-20-17-21(31(28,29)30)13-15-26(20,4)25(22)14-16-27(23,24)5/h9,18-19,21-25H,6-8,10-17H2,1-5H3,(H,28,29,30)/t19-,21?,22+,23-,24+,25+,26+,27-/m1/s1. The molecule has 0 aromatic heterocycles. The molecule has 1 unspecified atom stereocenters. The summed E-state index contributed by atoms with van der Waals surface area (Å²) in [6.45, 7) is 12.3. The molecule has 3 nitrogen and oxygen atoms in total. The predicted octanol–water partition coefficient (Wildman–Crippen LogP) is 7.28. The van der Waals surface area contributed by atoms with E-state index >= 15 is 0 Å². The van der Waals surface area contributed by atoms with Crippen LogP contribution in [0, 0.1) is 46.3 Å². The first kappa shape index (κ1) is 23.8. The molecule has 4 heteroatoms. The minimum atomic E-state index is -3.93. The second-order valence-electron chi connectivity index (χ2n) is 12.7. The third-order valence-electron chi connectivity index (χ3n) is 10.7. The highest BCUT2D eigenvalue weighted by Gasteiger charge is 2.59. The van der Waals surface area contributed by atoms with Gasteiger partial charge in [-0.25, -0.2) is 0 Å². The lowest BCUT2D eigenvalue weighted by Crippen LogP contribution is -2.51. The van der Waals surface area contributed by atoms with Gasteiger partial charge in [0.1, 0.15) is 0 Å². The van der Waals surface area contributed by atoms with E-state index in [0.717, 1.165) is 42.4 Å². The van der Waals surface area contributed by atoms with Gasteiger partial charge in [0.2, 0.25) is 0 Å². The van der Waals surface area contributed by atoms with Crippen LogP contribution in [0.5, 0.6) is 0 Å². The molecule has 3 fully saturated rings. The molecule has 0 bridgehead atoms. The maximum absolute atomic E-state index is 11.8. The Morgan fingerprint density at radius 2 is 1.77 bits per heavy atom. The Kier molecular flexibility index (Phi) is 6.49. The SMILES string of the molecule is CC(C)CCC[C@@H](C)[C@H]1CC[C@H]2[C@@H]3CC=C4CC(S(=O)(=O)O)CC[C@]4(C)[C@H]3CC[C@]12C. The summed E-state index contributed by atoms with van der Waals surface area (Å²) in [5.41, 5.74) is 1.97. The van der Waals surface area contributed by atoms with Crippen molar-refractivity contribution < 1.29 is 13.0 Å². The van der Waals surface area contributed by atoms with Crippen molar-refractivity contribution in [3.63, 3.8) is 0 Å². The highest BCUT2D eigenvalue weighted by Crippen LogP contribution is 2.67. The van der Waals surface area contributed by atoms with Crippen molar-refractivity contribution in [2.75, 3.05) is 0 Å². The van der Waals surface area contributed by atoms with Gasteiger partial charge in [-0.1, -0.05) is 65.5 Å². The number of fused-ring (bicyclic) bond motifs is 5. The van der Waals surface area contributed by atoms with Crippen LogP contribution in [-0.2, 0) is 10.1 Å². The molecule has 0 saturated heterocycles. The molecule has 0 heterocycles. The normalized spacial score (nSPS) is 43.7. The van der Waals surface area contributed by atoms with Crippen molar-refractivity contribution in [3.8, 4) is 0 Å². The molecule has 0 spiro atoms. The zero-order chi connectivity index (χ0) is 22.6. The summed E-state index contributed by atoms with van der Waals surface area (Å²) in [6.07, 6.45) is 15.2. The molecule has 8 atom stereocenters. The van der Waals surface area contributed by atoms with E-state index in [1.54, 1.807) is 0 Å². The van der Waals surface area contributed by atoms with E-state index in [-0.39, 0.29) is 5.41 Å². The smallest absolute Gasteiger partial charge is 0.268 e. The Morgan fingerprint density at radius 3 is 2.45 bits per heavy atom. The summed E-state index contributed by atoms with van der Waals surface area (Å²) < 4.78 is 33.2. The van der Waals surface area contributed by atoms with E-state index in [1.807, 2.05) is 0 Å². The van der Waals surface area contributed by atoms with Gasteiger partial charge in [0, 0.05) is 0 Å². The Hall–Kier alpha value is -0.350. The molecule has 0 aromatic carbocycles. The lowest BCUT2D eigenvalue weighted by molar-refractivity contribution is -0.0499. The molecular weight excluding hydrogens is 404 g/mol. The highest BCUT2D eigenvalue weighted by molar-refractivity contribution is 7.86. The molecule has 0 radical (unpaired) electrons. The Labute approximate surface area is 191 Å². The summed E-state index contributed by atoms with van der Waals surface area (Å²) in [6, 6.07) is 0. The van der Waals surface area contributed by atoms with Crippen LogP contribution in [0.2, 0.25) is 0 Å². The van der Waals surface area contributed by atoms with Crippen molar-refractivity contribution in [2.24, 2.45) is 46.3 Å². The maximum atomic E-state index is 11.8. The fourth-order valence-electron chi connectivity index (χ4n) is 8.91. The van der Waals surface area contributed by atoms with Gasteiger partial charge < -0.3 is 0 Å². The van der Waals surface area contributed by atoms with Crippen molar-refractivity contribution in [2.45, 2.75) is 110 Å². The summed E-state index contributed by atoms with van der Waals surface area (Å²) >= 11 is 0. The Morgan fingerprint density at radius 1 is 1.03 bits per heavy atom. The van der Waals surface area contributed by atoms with Gasteiger partial charge in [0.15, 0.2) is 0 Å². The molecule has 3 saturated carbocycles.